The summed E-state index contributed by atoms with van der Waals surface area (Å²) in [7, 11) is 0.952. The lowest BCUT2D eigenvalue weighted by Crippen LogP contribution is -2.46. The lowest BCUT2D eigenvalue weighted by atomic mass is 10.0. The Hall–Kier alpha value is -2.03. The average molecular weight is 308 g/mol. The van der Waals surface area contributed by atoms with Crippen molar-refractivity contribution in [2.75, 3.05) is 7.05 Å². The number of aromatic nitrogens is 1. The van der Waals surface area contributed by atoms with Crippen LogP contribution in [0.5, 0.6) is 5.75 Å². The topological polar surface area (TPSA) is 93.6 Å². The molecule has 9 heteroatoms. The third kappa shape index (κ3) is 3.35. The fourth-order valence-corrected chi connectivity index (χ4v) is 1.85. The van der Waals surface area contributed by atoms with Crippen LogP contribution >= 0.6 is 0 Å². The Kier molecular flexibility index (Phi) is 4.67. The first kappa shape index (κ1) is 17.0. The molecule has 1 unspecified atom stereocenters. The lowest BCUT2D eigenvalue weighted by molar-refractivity contribution is -0.191. The van der Waals surface area contributed by atoms with E-state index in [1.807, 2.05) is 0 Å². The number of aromatic hydroxyl groups is 1. The van der Waals surface area contributed by atoms with E-state index in [4.69, 9.17) is 5.11 Å². The minimum Gasteiger partial charge on any atom is -0.503 e. The molecule has 0 radical (unpaired) electrons. The maximum atomic E-state index is 13.2. The number of H-pyrrole nitrogens is 1. The number of pyridine rings is 1. The number of rotatable bonds is 4. The zero-order chi connectivity index (χ0) is 16.5. The van der Waals surface area contributed by atoms with Crippen molar-refractivity contribution in [2.45, 2.75) is 32.1 Å². The summed E-state index contributed by atoms with van der Waals surface area (Å²) >= 11 is 0. The van der Waals surface area contributed by atoms with Crippen molar-refractivity contribution >= 4 is 5.97 Å². The fraction of sp³-hybridized carbons (Fsp3) is 0.500. The van der Waals surface area contributed by atoms with Crippen LogP contribution in [-0.4, -0.2) is 45.3 Å². The molecule has 0 aliphatic rings. The summed E-state index contributed by atoms with van der Waals surface area (Å²) in [5.41, 5.74) is -1.92. The van der Waals surface area contributed by atoms with Gasteiger partial charge in [0, 0.05) is 11.8 Å². The van der Waals surface area contributed by atoms with Gasteiger partial charge in [-0.25, -0.2) is 0 Å². The quantitative estimate of drug-likeness (QED) is 0.781. The number of hydrogen-bond acceptors (Lipinski definition) is 4. The molecule has 0 spiro atoms. The lowest BCUT2D eigenvalue weighted by Gasteiger charge is -2.32. The Morgan fingerprint density at radius 1 is 1.43 bits per heavy atom. The first-order valence-corrected chi connectivity index (χ1v) is 5.91. The van der Waals surface area contributed by atoms with Crippen molar-refractivity contribution in [3.63, 3.8) is 0 Å². The zero-order valence-electron chi connectivity index (χ0n) is 11.5. The number of aryl methyl sites for hydroxylation is 1. The zero-order valence-corrected chi connectivity index (χ0v) is 11.5. The van der Waals surface area contributed by atoms with E-state index in [0.29, 0.717) is 4.90 Å². The summed E-state index contributed by atoms with van der Waals surface area (Å²) in [5.74, 6) is -2.28. The summed E-state index contributed by atoms with van der Waals surface area (Å²) in [6, 6.07) is -3.92. The molecule has 0 saturated heterocycles. The molecule has 21 heavy (non-hydrogen) atoms. The van der Waals surface area contributed by atoms with Gasteiger partial charge in [0.25, 0.3) is 0 Å². The molecule has 0 aliphatic carbocycles. The molecule has 0 bridgehead atoms. The van der Waals surface area contributed by atoms with E-state index >= 15 is 0 Å². The number of aromatic amines is 1. The van der Waals surface area contributed by atoms with Gasteiger partial charge in [-0.15, -0.1) is 0 Å². The molecule has 0 saturated carbocycles. The highest BCUT2D eigenvalue weighted by molar-refractivity contribution is 5.72. The van der Waals surface area contributed by atoms with Crippen molar-refractivity contribution in [1.82, 2.24) is 9.88 Å². The van der Waals surface area contributed by atoms with Gasteiger partial charge in [-0.2, -0.15) is 13.2 Å². The van der Waals surface area contributed by atoms with Crippen molar-refractivity contribution in [2.24, 2.45) is 0 Å². The summed E-state index contributed by atoms with van der Waals surface area (Å²) in [4.78, 5) is 25.6. The number of aliphatic carboxylic acids is 1. The van der Waals surface area contributed by atoms with Crippen molar-refractivity contribution < 1.29 is 28.2 Å². The van der Waals surface area contributed by atoms with Gasteiger partial charge < -0.3 is 15.2 Å². The van der Waals surface area contributed by atoms with E-state index in [1.54, 1.807) is 0 Å². The Balaban J connectivity index is 3.45. The van der Waals surface area contributed by atoms with Crippen molar-refractivity contribution in [3.05, 3.63) is 27.7 Å². The second-order valence-corrected chi connectivity index (χ2v) is 4.67. The van der Waals surface area contributed by atoms with Crippen LogP contribution in [-0.2, 0) is 4.79 Å². The van der Waals surface area contributed by atoms with Gasteiger partial charge in [-0.05, 0) is 20.9 Å². The predicted molar refractivity (Wildman–Crippen MR) is 67.1 cm³/mol. The minimum absolute atomic E-state index is 0.0265. The molecule has 6 nitrogen and oxygen atoms in total. The summed E-state index contributed by atoms with van der Waals surface area (Å²) < 4.78 is 39.7. The van der Waals surface area contributed by atoms with Gasteiger partial charge in [-0.3, -0.25) is 14.5 Å². The van der Waals surface area contributed by atoms with E-state index in [9.17, 15) is 27.9 Å². The normalized spacial score (nSPS) is 15.0. The number of likely N-dealkylation sites (N-methyl/N-ethyl adjacent to an activating group) is 1. The smallest absolute Gasteiger partial charge is 0.408 e. The van der Waals surface area contributed by atoms with Crippen LogP contribution in [0, 0.1) is 6.92 Å². The number of halogens is 3. The molecule has 0 fully saturated rings. The van der Waals surface area contributed by atoms with Gasteiger partial charge in [0.15, 0.2) is 5.75 Å². The Morgan fingerprint density at radius 2 is 1.95 bits per heavy atom. The number of hydrogen-bond donors (Lipinski definition) is 3. The molecule has 2 atom stereocenters. The highest BCUT2D eigenvalue weighted by atomic mass is 19.4. The molecule has 1 aromatic heterocycles. The van der Waals surface area contributed by atoms with Crippen molar-refractivity contribution in [1.29, 1.82) is 0 Å². The largest absolute Gasteiger partial charge is 0.503 e. The van der Waals surface area contributed by atoms with Gasteiger partial charge >= 0.3 is 12.1 Å². The van der Waals surface area contributed by atoms with Gasteiger partial charge in [0.1, 0.15) is 12.1 Å². The molecule has 0 aromatic carbocycles. The Morgan fingerprint density at radius 3 is 2.38 bits per heavy atom. The molecule has 0 amide bonds. The number of nitrogens with one attached hydrogen (secondary N) is 1. The maximum absolute atomic E-state index is 13.2. The standard InChI is InChI=1S/C12H15F3N2O4/c1-5-8(18)9(19)7(4-16-5)10(12(13,14)15)17(3)6(2)11(20)21/h4,6,10,18H,1-3H3,(H,16,19)(H,20,21)/t6-,10?/m0/s1. The van der Waals surface area contributed by atoms with Gasteiger partial charge in [0.05, 0.1) is 5.69 Å². The van der Waals surface area contributed by atoms with Crippen LogP contribution in [0.1, 0.15) is 24.2 Å². The third-order valence-electron chi connectivity index (χ3n) is 3.26. The second-order valence-electron chi connectivity index (χ2n) is 4.67. The SMILES string of the molecule is Cc1[nH]cc(C(N(C)[C@@H](C)C(=O)O)C(F)(F)F)c(=O)c1O. The van der Waals surface area contributed by atoms with Crippen LogP contribution in [0.3, 0.4) is 0 Å². The first-order chi connectivity index (χ1) is 9.48. The molecule has 0 aliphatic heterocycles. The van der Waals surface area contributed by atoms with Crippen LogP contribution in [0.15, 0.2) is 11.0 Å². The van der Waals surface area contributed by atoms with E-state index in [0.717, 1.165) is 20.2 Å². The van der Waals surface area contributed by atoms with Crippen LogP contribution < -0.4 is 5.43 Å². The summed E-state index contributed by atoms with van der Waals surface area (Å²) in [6.45, 7) is 2.40. The highest BCUT2D eigenvalue weighted by Gasteiger charge is 2.47. The molecule has 1 aromatic rings. The van der Waals surface area contributed by atoms with E-state index < -0.39 is 41.0 Å². The van der Waals surface area contributed by atoms with Crippen LogP contribution in [0.2, 0.25) is 0 Å². The van der Waals surface area contributed by atoms with E-state index in [-0.39, 0.29) is 5.69 Å². The minimum atomic E-state index is -4.88. The number of carboxylic acids is 1. The van der Waals surface area contributed by atoms with Crippen LogP contribution in [0.4, 0.5) is 13.2 Å². The Labute approximate surface area is 117 Å². The summed E-state index contributed by atoms with van der Waals surface area (Å²) in [6.07, 6.45) is -4.05. The average Bonchev–Trinajstić information content (AvgIpc) is 2.36. The first-order valence-electron chi connectivity index (χ1n) is 5.91. The molecule has 118 valence electrons. The monoisotopic (exact) mass is 308 g/mol. The molecule has 1 heterocycles. The van der Waals surface area contributed by atoms with E-state index in [1.165, 1.54) is 6.92 Å². The van der Waals surface area contributed by atoms with Gasteiger partial charge in [-0.1, -0.05) is 0 Å². The third-order valence-corrected chi connectivity index (χ3v) is 3.26. The predicted octanol–water partition coefficient (Wildman–Crippen LogP) is 1.40. The van der Waals surface area contributed by atoms with Gasteiger partial charge in [0.2, 0.25) is 5.43 Å². The second kappa shape index (κ2) is 5.76. The molecule has 1 rings (SSSR count). The number of carbonyl (C=O) groups is 1. The van der Waals surface area contributed by atoms with Crippen molar-refractivity contribution in [3.8, 4) is 5.75 Å². The molecular weight excluding hydrogens is 293 g/mol. The fourth-order valence-electron chi connectivity index (χ4n) is 1.85. The van der Waals surface area contributed by atoms with Crippen LogP contribution in [0.25, 0.3) is 0 Å². The summed E-state index contributed by atoms with van der Waals surface area (Å²) in [5, 5.41) is 18.3. The number of alkyl halides is 3. The number of nitrogens with zero attached hydrogens (tertiary/aromatic N) is 1. The van der Waals surface area contributed by atoms with E-state index in [2.05, 4.69) is 4.98 Å². The molecule has 3 N–H and O–H groups in total. The number of carboxylic acid groups (broad SMARTS) is 1. The Bertz CT molecular complexity index is 597. The highest BCUT2D eigenvalue weighted by Crippen LogP contribution is 2.37. The maximum Gasteiger partial charge on any atom is 0.408 e. The molecular formula is C12H15F3N2O4.